The van der Waals surface area contributed by atoms with E-state index in [9.17, 15) is 9.59 Å². The lowest BCUT2D eigenvalue weighted by atomic mass is 10.1. The van der Waals surface area contributed by atoms with Crippen LogP contribution in [0.25, 0.3) is 0 Å². The minimum Gasteiger partial charge on any atom is -0.468 e. The van der Waals surface area contributed by atoms with Crippen molar-refractivity contribution in [1.82, 2.24) is 0 Å². The number of carbonyl (C=O) groups excluding carboxylic acids is 2. The molecule has 0 radical (unpaired) electrons. The Morgan fingerprint density at radius 3 is 2.11 bits per heavy atom. The Labute approximate surface area is 109 Å². The molecule has 4 nitrogen and oxygen atoms in total. The highest BCUT2D eigenvalue weighted by molar-refractivity contribution is 6.79. The molecular weight excluding hydrogens is 248 g/mol. The fourth-order valence-electron chi connectivity index (χ4n) is 2.11. The molecule has 1 unspecified atom stereocenters. The monoisotopic (exact) mass is 270 g/mol. The van der Waals surface area contributed by atoms with Crippen LogP contribution in [0.5, 0.6) is 0 Å². The molecule has 0 heterocycles. The lowest BCUT2D eigenvalue weighted by Crippen LogP contribution is -2.26. The fraction of sp³-hybridized carbons (Fsp3) is 0.692. The van der Waals surface area contributed by atoms with Gasteiger partial charge >= 0.3 is 11.9 Å². The molecule has 0 spiro atoms. The van der Waals surface area contributed by atoms with Gasteiger partial charge in [-0.1, -0.05) is 31.3 Å². The van der Waals surface area contributed by atoms with Gasteiger partial charge in [-0.05, 0) is 18.4 Å². The summed E-state index contributed by atoms with van der Waals surface area (Å²) in [6.45, 7) is 6.99. The van der Waals surface area contributed by atoms with Crippen molar-refractivity contribution >= 4 is 20.0 Å². The van der Waals surface area contributed by atoms with Crippen LogP contribution >= 0.6 is 0 Å². The molecule has 0 bridgehead atoms. The molecule has 0 aromatic heterocycles. The van der Waals surface area contributed by atoms with Crippen LogP contribution in [0.15, 0.2) is 11.6 Å². The zero-order chi connectivity index (χ0) is 13.9. The van der Waals surface area contributed by atoms with Gasteiger partial charge in [0, 0.05) is 0 Å². The van der Waals surface area contributed by atoms with Crippen LogP contribution in [0.1, 0.15) is 12.8 Å². The van der Waals surface area contributed by atoms with Gasteiger partial charge in [0.2, 0.25) is 0 Å². The van der Waals surface area contributed by atoms with Gasteiger partial charge in [-0.3, -0.25) is 9.59 Å². The first-order chi connectivity index (χ1) is 8.31. The van der Waals surface area contributed by atoms with E-state index in [1.54, 1.807) is 0 Å². The predicted octanol–water partition coefficient (Wildman–Crippen LogP) is 2.38. The van der Waals surface area contributed by atoms with E-state index in [-0.39, 0.29) is 0 Å². The summed E-state index contributed by atoms with van der Waals surface area (Å²) in [5, 5.41) is 0. The predicted molar refractivity (Wildman–Crippen MR) is 71.9 cm³/mol. The Morgan fingerprint density at radius 2 is 1.78 bits per heavy atom. The van der Waals surface area contributed by atoms with Crippen molar-refractivity contribution < 1.29 is 19.1 Å². The summed E-state index contributed by atoms with van der Waals surface area (Å²) in [7, 11) is 1.44. The van der Waals surface area contributed by atoms with Crippen LogP contribution in [0.3, 0.4) is 0 Å². The van der Waals surface area contributed by atoms with Crippen LogP contribution in [0.4, 0.5) is 0 Å². The van der Waals surface area contributed by atoms with Crippen molar-refractivity contribution in [2.75, 3.05) is 14.2 Å². The molecule has 0 aliphatic heterocycles. The first kappa shape index (κ1) is 15.0. The Hall–Kier alpha value is -1.10. The average Bonchev–Trinajstić information content (AvgIpc) is 3.07. The molecule has 0 N–H and O–H groups in total. The van der Waals surface area contributed by atoms with Crippen molar-refractivity contribution in [3.05, 3.63) is 11.6 Å². The van der Waals surface area contributed by atoms with E-state index >= 15 is 0 Å². The molecule has 1 rings (SSSR count). The zero-order valence-electron chi connectivity index (χ0n) is 11.8. The lowest BCUT2D eigenvalue weighted by Gasteiger charge is -2.13. The second-order valence-electron chi connectivity index (χ2n) is 5.74. The summed E-state index contributed by atoms with van der Waals surface area (Å²) >= 11 is 0. The number of rotatable bonds is 5. The van der Waals surface area contributed by atoms with Crippen molar-refractivity contribution in [2.45, 2.75) is 38.0 Å². The van der Waals surface area contributed by atoms with E-state index in [0.717, 1.165) is 6.42 Å². The van der Waals surface area contributed by atoms with Crippen LogP contribution in [-0.4, -0.2) is 34.2 Å². The summed E-state index contributed by atoms with van der Waals surface area (Å²) in [6.07, 6.45) is 3.52. The molecule has 0 aromatic rings. The van der Waals surface area contributed by atoms with Gasteiger partial charge in [-0.15, -0.1) is 0 Å². The van der Waals surface area contributed by atoms with E-state index < -0.39 is 25.9 Å². The fourth-order valence-corrected chi connectivity index (χ4v) is 4.19. The third-order valence-corrected chi connectivity index (χ3v) is 6.03. The van der Waals surface area contributed by atoms with E-state index in [4.69, 9.17) is 0 Å². The van der Waals surface area contributed by atoms with Crippen molar-refractivity contribution in [3.63, 3.8) is 0 Å². The minimum absolute atomic E-state index is 0.385. The summed E-state index contributed by atoms with van der Waals surface area (Å²) in [5.41, 5.74) is 2.08. The molecule has 5 heteroatoms. The van der Waals surface area contributed by atoms with E-state index in [1.807, 2.05) is 6.08 Å². The quantitative estimate of drug-likeness (QED) is 0.333. The Kier molecular flexibility index (Phi) is 4.73. The highest BCUT2D eigenvalue weighted by atomic mass is 28.3. The average molecular weight is 270 g/mol. The maximum Gasteiger partial charge on any atom is 0.320 e. The van der Waals surface area contributed by atoms with Crippen LogP contribution in [-0.2, 0) is 19.1 Å². The zero-order valence-corrected chi connectivity index (χ0v) is 12.8. The standard InChI is InChI=1S/C13H22O4Si/c1-16-12(14)10(13(15)17-2)7-6-9-8-11(9)18(3,4)5/h6,10-11H,7-8H2,1-5H3/b9-6+. The van der Waals surface area contributed by atoms with E-state index in [1.165, 1.54) is 19.8 Å². The number of hydrogen-bond acceptors (Lipinski definition) is 4. The number of esters is 2. The molecule has 1 atom stereocenters. The van der Waals surface area contributed by atoms with Crippen molar-refractivity contribution in [3.8, 4) is 0 Å². The van der Waals surface area contributed by atoms with E-state index in [2.05, 4.69) is 29.1 Å². The summed E-state index contributed by atoms with van der Waals surface area (Å²) in [4.78, 5) is 23.0. The Balaban J connectivity index is 2.62. The minimum atomic E-state index is -1.13. The number of ether oxygens (including phenoxy) is 2. The SMILES string of the molecule is COC(=O)C(C/C=C1\CC1[Si](C)(C)C)C(=O)OC. The van der Waals surface area contributed by atoms with Gasteiger partial charge in [0.1, 0.15) is 0 Å². The Morgan fingerprint density at radius 1 is 1.28 bits per heavy atom. The number of hydrogen-bond donors (Lipinski definition) is 0. The Bertz CT molecular complexity index is 352. The van der Waals surface area contributed by atoms with Gasteiger partial charge in [0.25, 0.3) is 0 Å². The third-order valence-electron chi connectivity index (χ3n) is 3.36. The number of carbonyl (C=O) groups is 2. The summed E-state index contributed by atoms with van der Waals surface area (Å²) < 4.78 is 9.24. The molecule has 1 saturated carbocycles. The van der Waals surface area contributed by atoms with Crippen LogP contribution in [0.2, 0.25) is 25.2 Å². The van der Waals surface area contributed by atoms with Crippen molar-refractivity contribution in [2.24, 2.45) is 5.92 Å². The molecule has 0 amide bonds. The molecule has 102 valence electrons. The van der Waals surface area contributed by atoms with Gasteiger partial charge < -0.3 is 9.47 Å². The smallest absolute Gasteiger partial charge is 0.320 e. The first-order valence-electron chi connectivity index (χ1n) is 6.15. The summed E-state index contributed by atoms with van der Waals surface area (Å²) in [5.74, 6) is -1.87. The number of methoxy groups -OCH3 is 2. The molecular formula is C13H22O4Si. The molecule has 1 aliphatic carbocycles. The van der Waals surface area contributed by atoms with E-state index in [0.29, 0.717) is 12.0 Å². The highest BCUT2D eigenvalue weighted by Crippen LogP contribution is 2.51. The van der Waals surface area contributed by atoms with Gasteiger partial charge in [0.05, 0.1) is 22.3 Å². The molecule has 0 aromatic carbocycles. The van der Waals surface area contributed by atoms with Crippen LogP contribution in [0, 0.1) is 5.92 Å². The van der Waals surface area contributed by atoms with Crippen LogP contribution < -0.4 is 0 Å². The second-order valence-corrected chi connectivity index (χ2v) is 11.2. The molecule has 1 aliphatic rings. The maximum absolute atomic E-state index is 11.5. The van der Waals surface area contributed by atoms with Crippen molar-refractivity contribution in [1.29, 1.82) is 0 Å². The van der Waals surface area contributed by atoms with Gasteiger partial charge in [-0.25, -0.2) is 0 Å². The summed E-state index contributed by atoms with van der Waals surface area (Å²) in [6, 6.07) is 0. The lowest BCUT2D eigenvalue weighted by molar-refractivity contribution is -0.158. The third kappa shape index (κ3) is 3.70. The topological polar surface area (TPSA) is 52.6 Å². The van der Waals surface area contributed by atoms with Gasteiger partial charge in [0.15, 0.2) is 5.92 Å². The molecule has 0 saturated heterocycles. The largest absolute Gasteiger partial charge is 0.468 e. The van der Waals surface area contributed by atoms with Gasteiger partial charge in [-0.2, -0.15) is 0 Å². The number of allylic oxidation sites excluding steroid dienone is 2. The highest BCUT2D eigenvalue weighted by Gasteiger charge is 2.41. The molecule has 18 heavy (non-hydrogen) atoms. The normalized spacial score (nSPS) is 21.0. The second kappa shape index (κ2) is 5.69. The first-order valence-corrected chi connectivity index (χ1v) is 9.73. The maximum atomic E-state index is 11.5. The molecule has 1 fully saturated rings.